The summed E-state index contributed by atoms with van der Waals surface area (Å²) < 4.78 is 15.4. The standard InChI is InChI=1S/C30H33FN4O2/c31-26(28(36)24-12-6-2-7-13-24)20-27(32-21-23-10-4-1-5-11-23)34-18-16-30(17-19-34)29(37)33-22-35(30)25-14-8-3-9-15-25/h1-15,26-27,32H,16-22H2,(H,33,37). The summed E-state index contributed by atoms with van der Waals surface area (Å²) in [4.78, 5) is 30.2. The second kappa shape index (κ2) is 11.2. The quantitative estimate of drug-likeness (QED) is 0.433. The molecular weight excluding hydrogens is 467 g/mol. The van der Waals surface area contributed by atoms with E-state index in [4.69, 9.17) is 0 Å². The van der Waals surface area contributed by atoms with Crippen molar-refractivity contribution in [1.29, 1.82) is 0 Å². The van der Waals surface area contributed by atoms with Crippen LogP contribution in [0.4, 0.5) is 10.1 Å². The molecule has 2 saturated heterocycles. The summed E-state index contributed by atoms with van der Waals surface area (Å²) in [7, 11) is 0. The van der Waals surface area contributed by atoms with E-state index in [1.807, 2.05) is 66.7 Å². The van der Waals surface area contributed by atoms with Gasteiger partial charge in [0.1, 0.15) is 5.54 Å². The fraction of sp³-hybridized carbons (Fsp3) is 0.333. The molecule has 2 aliphatic rings. The summed E-state index contributed by atoms with van der Waals surface area (Å²) in [6, 6.07) is 28.6. The Kier molecular flexibility index (Phi) is 7.63. The van der Waals surface area contributed by atoms with Crippen molar-refractivity contribution in [3.05, 3.63) is 102 Å². The Morgan fingerprint density at radius 3 is 2.16 bits per heavy atom. The number of para-hydroxylation sites is 1. The Hall–Kier alpha value is -3.55. The van der Waals surface area contributed by atoms with Crippen molar-refractivity contribution in [1.82, 2.24) is 15.5 Å². The van der Waals surface area contributed by atoms with Crippen molar-refractivity contribution in [3.8, 4) is 0 Å². The van der Waals surface area contributed by atoms with Gasteiger partial charge in [-0.25, -0.2) is 4.39 Å². The van der Waals surface area contributed by atoms with Gasteiger partial charge in [0, 0.05) is 37.3 Å². The van der Waals surface area contributed by atoms with Crippen LogP contribution in [0.5, 0.6) is 0 Å². The number of ketones is 1. The minimum Gasteiger partial charge on any atom is -0.339 e. The molecule has 37 heavy (non-hydrogen) atoms. The zero-order valence-corrected chi connectivity index (χ0v) is 20.9. The predicted octanol–water partition coefficient (Wildman–Crippen LogP) is 4.14. The lowest BCUT2D eigenvalue weighted by molar-refractivity contribution is -0.125. The highest BCUT2D eigenvalue weighted by Gasteiger charge is 2.51. The molecule has 3 aromatic rings. The molecule has 0 radical (unpaired) electrons. The number of nitrogens with one attached hydrogen (secondary N) is 2. The van der Waals surface area contributed by atoms with E-state index in [1.54, 1.807) is 24.3 Å². The Bertz CT molecular complexity index is 1180. The van der Waals surface area contributed by atoms with Gasteiger partial charge in [-0.15, -0.1) is 0 Å². The van der Waals surface area contributed by atoms with Crippen LogP contribution in [0.1, 0.15) is 35.2 Å². The molecule has 2 fully saturated rings. The Balaban J connectivity index is 1.31. The maximum Gasteiger partial charge on any atom is 0.247 e. The number of Topliss-reactive ketones (excluding diaryl/α,β-unsaturated/α-hetero) is 1. The van der Waals surface area contributed by atoms with Crippen molar-refractivity contribution >= 4 is 17.4 Å². The highest BCUT2D eigenvalue weighted by atomic mass is 19.1. The third-order valence-corrected chi connectivity index (χ3v) is 7.63. The molecule has 0 saturated carbocycles. The topological polar surface area (TPSA) is 64.7 Å². The van der Waals surface area contributed by atoms with Gasteiger partial charge in [-0.2, -0.15) is 0 Å². The van der Waals surface area contributed by atoms with Gasteiger partial charge < -0.3 is 10.2 Å². The van der Waals surface area contributed by atoms with Crippen LogP contribution >= 0.6 is 0 Å². The summed E-state index contributed by atoms with van der Waals surface area (Å²) in [5.41, 5.74) is 1.88. The van der Waals surface area contributed by atoms with Crippen LogP contribution in [0, 0.1) is 0 Å². The van der Waals surface area contributed by atoms with Crippen molar-refractivity contribution in [3.63, 3.8) is 0 Å². The van der Waals surface area contributed by atoms with E-state index in [9.17, 15) is 9.59 Å². The van der Waals surface area contributed by atoms with E-state index < -0.39 is 17.5 Å². The van der Waals surface area contributed by atoms with Gasteiger partial charge in [-0.3, -0.25) is 19.8 Å². The number of anilines is 1. The van der Waals surface area contributed by atoms with Gasteiger partial charge in [0.25, 0.3) is 0 Å². The summed E-state index contributed by atoms with van der Waals surface area (Å²) in [5.74, 6) is -0.446. The first kappa shape index (κ1) is 25.1. The minimum atomic E-state index is -1.62. The molecule has 0 aliphatic carbocycles. The van der Waals surface area contributed by atoms with Crippen LogP contribution < -0.4 is 15.5 Å². The van der Waals surface area contributed by atoms with E-state index in [0.717, 1.165) is 11.3 Å². The van der Waals surface area contributed by atoms with Crippen molar-refractivity contribution in [2.24, 2.45) is 0 Å². The third-order valence-electron chi connectivity index (χ3n) is 7.63. The monoisotopic (exact) mass is 500 g/mol. The predicted molar refractivity (Wildman–Crippen MR) is 143 cm³/mol. The minimum absolute atomic E-state index is 0.0438. The first-order valence-corrected chi connectivity index (χ1v) is 12.9. The van der Waals surface area contributed by atoms with E-state index in [0.29, 0.717) is 44.7 Å². The lowest BCUT2D eigenvalue weighted by atomic mass is 9.85. The molecule has 1 spiro atoms. The summed E-state index contributed by atoms with van der Waals surface area (Å²) in [6.45, 7) is 2.29. The second-order valence-electron chi connectivity index (χ2n) is 9.81. The first-order chi connectivity index (χ1) is 18.1. The zero-order valence-electron chi connectivity index (χ0n) is 20.9. The van der Waals surface area contributed by atoms with E-state index in [2.05, 4.69) is 20.4 Å². The summed E-state index contributed by atoms with van der Waals surface area (Å²) >= 11 is 0. The van der Waals surface area contributed by atoms with Gasteiger partial charge in [0.15, 0.2) is 12.0 Å². The number of carbonyl (C=O) groups is 2. The number of halogens is 1. The number of carbonyl (C=O) groups excluding carboxylic acids is 2. The molecule has 2 heterocycles. The lowest BCUT2D eigenvalue weighted by Gasteiger charge is -2.45. The highest BCUT2D eigenvalue weighted by molar-refractivity contribution is 5.99. The molecule has 2 unspecified atom stereocenters. The van der Waals surface area contributed by atoms with Crippen LogP contribution in [-0.4, -0.2) is 54.2 Å². The molecule has 0 bridgehead atoms. The first-order valence-electron chi connectivity index (χ1n) is 12.9. The maximum absolute atomic E-state index is 15.4. The van der Waals surface area contributed by atoms with Gasteiger partial charge in [0.05, 0.1) is 12.8 Å². The number of benzene rings is 3. The van der Waals surface area contributed by atoms with Crippen LogP contribution in [0.3, 0.4) is 0 Å². The fourth-order valence-electron chi connectivity index (χ4n) is 5.52. The highest BCUT2D eigenvalue weighted by Crippen LogP contribution is 2.36. The van der Waals surface area contributed by atoms with Gasteiger partial charge in [-0.05, 0) is 30.5 Å². The molecule has 0 aromatic heterocycles. The van der Waals surface area contributed by atoms with Crippen molar-refractivity contribution in [2.75, 3.05) is 24.7 Å². The fourth-order valence-corrected chi connectivity index (χ4v) is 5.52. The molecule has 3 aromatic carbocycles. The normalized spacial score (nSPS) is 18.9. The molecule has 5 rings (SSSR count). The number of hydrogen-bond acceptors (Lipinski definition) is 5. The molecule has 6 nitrogen and oxygen atoms in total. The van der Waals surface area contributed by atoms with Gasteiger partial charge >= 0.3 is 0 Å². The molecular formula is C30H33FN4O2. The van der Waals surface area contributed by atoms with E-state index in [-0.39, 0.29) is 18.5 Å². The van der Waals surface area contributed by atoms with E-state index >= 15 is 4.39 Å². The van der Waals surface area contributed by atoms with Gasteiger partial charge in [0.2, 0.25) is 5.91 Å². The number of hydrogen-bond donors (Lipinski definition) is 2. The van der Waals surface area contributed by atoms with Crippen LogP contribution in [0.15, 0.2) is 91.0 Å². The number of likely N-dealkylation sites (tertiary alicyclic amines) is 1. The summed E-state index contributed by atoms with van der Waals surface area (Å²) in [6.07, 6.45) is -0.666. The third kappa shape index (κ3) is 5.43. The molecule has 192 valence electrons. The van der Waals surface area contributed by atoms with Crippen LogP contribution in [0.2, 0.25) is 0 Å². The largest absolute Gasteiger partial charge is 0.339 e. The van der Waals surface area contributed by atoms with Crippen LogP contribution in [0.25, 0.3) is 0 Å². The smallest absolute Gasteiger partial charge is 0.247 e. The van der Waals surface area contributed by atoms with Crippen molar-refractivity contribution < 1.29 is 14.0 Å². The van der Waals surface area contributed by atoms with E-state index in [1.165, 1.54) is 0 Å². The molecule has 1 amide bonds. The number of piperidine rings is 1. The SMILES string of the molecule is O=C(c1ccccc1)C(F)CC(NCc1ccccc1)N1CCC2(CC1)C(=O)NCN2c1ccccc1. The lowest BCUT2D eigenvalue weighted by Crippen LogP contribution is -2.60. The van der Waals surface area contributed by atoms with Gasteiger partial charge in [-0.1, -0.05) is 78.9 Å². The average molecular weight is 501 g/mol. The maximum atomic E-state index is 15.4. The zero-order chi connectivity index (χ0) is 25.7. The Morgan fingerprint density at radius 1 is 0.919 bits per heavy atom. The average Bonchev–Trinajstić information content (AvgIpc) is 3.27. The molecule has 2 atom stereocenters. The number of amides is 1. The summed E-state index contributed by atoms with van der Waals surface area (Å²) in [5, 5.41) is 6.53. The Morgan fingerprint density at radius 2 is 1.51 bits per heavy atom. The molecule has 2 aliphatic heterocycles. The Labute approximate surface area is 217 Å². The number of nitrogens with zero attached hydrogens (tertiary/aromatic N) is 2. The number of alkyl halides is 1. The van der Waals surface area contributed by atoms with Crippen LogP contribution in [-0.2, 0) is 11.3 Å². The molecule has 7 heteroatoms. The number of rotatable bonds is 9. The molecule has 2 N–H and O–H groups in total. The van der Waals surface area contributed by atoms with Crippen molar-refractivity contribution in [2.45, 2.75) is 43.7 Å². The second-order valence-corrected chi connectivity index (χ2v) is 9.81.